The Balaban J connectivity index is 1.74. The number of anilines is 1. The average molecular weight is 323 g/mol. The Labute approximate surface area is 139 Å². The third-order valence-electron chi connectivity index (χ3n) is 3.54. The van der Waals surface area contributed by atoms with E-state index in [-0.39, 0.29) is 5.91 Å². The van der Waals surface area contributed by atoms with Crippen molar-refractivity contribution in [2.75, 3.05) is 5.32 Å². The molecule has 0 unspecified atom stereocenters. The summed E-state index contributed by atoms with van der Waals surface area (Å²) in [6, 6.07) is 11.6. The molecule has 2 heterocycles. The van der Waals surface area contributed by atoms with Crippen molar-refractivity contribution in [3.8, 4) is 10.6 Å². The van der Waals surface area contributed by atoms with Crippen LogP contribution < -0.4 is 5.32 Å². The number of rotatable bonds is 4. The van der Waals surface area contributed by atoms with E-state index >= 15 is 0 Å². The monoisotopic (exact) mass is 323 g/mol. The van der Waals surface area contributed by atoms with Crippen LogP contribution in [0.3, 0.4) is 0 Å². The normalized spacial score (nSPS) is 10.5. The van der Waals surface area contributed by atoms with Gasteiger partial charge < -0.3 is 5.32 Å². The van der Waals surface area contributed by atoms with Gasteiger partial charge in [-0.15, -0.1) is 11.3 Å². The zero-order chi connectivity index (χ0) is 16.2. The second-order valence-corrected chi connectivity index (χ2v) is 6.39. The molecule has 1 aromatic carbocycles. The number of amides is 1. The molecule has 1 N–H and O–H groups in total. The summed E-state index contributed by atoms with van der Waals surface area (Å²) in [6.07, 6.45) is 3.86. The second-order valence-electron chi connectivity index (χ2n) is 5.31. The predicted octanol–water partition coefficient (Wildman–Crippen LogP) is 4.00. The highest BCUT2D eigenvalue weighted by Crippen LogP contribution is 2.27. The lowest BCUT2D eigenvalue weighted by molar-refractivity contribution is -0.115. The third-order valence-corrected chi connectivity index (χ3v) is 4.75. The minimum Gasteiger partial charge on any atom is -0.326 e. The summed E-state index contributed by atoms with van der Waals surface area (Å²) in [4.78, 5) is 21.9. The summed E-state index contributed by atoms with van der Waals surface area (Å²) in [5.74, 6) is -0.0243. The van der Waals surface area contributed by atoms with E-state index in [2.05, 4.69) is 15.3 Å². The predicted molar refractivity (Wildman–Crippen MR) is 93.6 cm³/mol. The number of thiazole rings is 1. The van der Waals surface area contributed by atoms with Crippen LogP contribution in [0.25, 0.3) is 10.6 Å². The minimum atomic E-state index is -0.0243. The number of aryl methyl sites for hydroxylation is 2. The lowest BCUT2D eigenvalue weighted by atomic mass is 10.2. The summed E-state index contributed by atoms with van der Waals surface area (Å²) in [5.41, 5.74) is 3.78. The van der Waals surface area contributed by atoms with Crippen molar-refractivity contribution in [1.29, 1.82) is 0 Å². The molecule has 0 saturated heterocycles. The fourth-order valence-electron chi connectivity index (χ4n) is 2.26. The van der Waals surface area contributed by atoms with Crippen molar-refractivity contribution in [3.05, 3.63) is 64.9 Å². The van der Waals surface area contributed by atoms with E-state index in [1.165, 1.54) is 0 Å². The first-order chi connectivity index (χ1) is 11.1. The number of carbonyl (C=O) groups is 1. The summed E-state index contributed by atoms with van der Waals surface area (Å²) < 4.78 is 0. The molecular weight excluding hydrogens is 306 g/mol. The fraction of sp³-hybridized carbons (Fsp3) is 0.167. The molecule has 0 aliphatic carbocycles. The van der Waals surface area contributed by atoms with Crippen molar-refractivity contribution < 1.29 is 4.79 Å². The maximum Gasteiger partial charge on any atom is 0.229 e. The van der Waals surface area contributed by atoms with E-state index in [1.807, 2.05) is 50.2 Å². The Hall–Kier alpha value is -2.53. The van der Waals surface area contributed by atoms with Gasteiger partial charge in [-0.1, -0.05) is 18.2 Å². The highest BCUT2D eigenvalue weighted by atomic mass is 32.1. The van der Waals surface area contributed by atoms with Gasteiger partial charge in [0.2, 0.25) is 5.91 Å². The van der Waals surface area contributed by atoms with Crippen molar-refractivity contribution in [2.45, 2.75) is 20.3 Å². The van der Waals surface area contributed by atoms with Gasteiger partial charge in [0.05, 0.1) is 12.1 Å². The molecule has 116 valence electrons. The minimum absolute atomic E-state index is 0.0243. The smallest absolute Gasteiger partial charge is 0.229 e. The van der Waals surface area contributed by atoms with Gasteiger partial charge in [0.15, 0.2) is 0 Å². The number of hydrogen-bond donors (Lipinski definition) is 1. The van der Waals surface area contributed by atoms with Crippen LogP contribution in [0.4, 0.5) is 5.69 Å². The lowest BCUT2D eigenvalue weighted by Crippen LogP contribution is -2.14. The van der Waals surface area contributed by atoms with Crippen molar-refractivity contribution in [2.24, 2.45) is 0 Å². The number of nitrogens with zero attached hydrogens (tertiary/aromatic N) is 2. The van der Waals surface area contributed by atoms with Crippen LogP contribution in [0.1, 0.15) is 16.1 Å². The summed E-state index contributed by atoms with van der Waals surface area (Å²) in [7, 11) is 0. The molecule has 0 atom stereocenters. The molecule has 3 aromatic rings. The van der Waals surface area contributed by atoms with Gasteiger partial charge in [-0.25, -0.2) is 4.98 Å². The van der Waals surface area contributed by atoms with Crippen LogP contribution in [-0.4, -0.2) is 15.9 Å². The number of benzene rings is 1. The zero-order valence-electron chi connectivity index (χ0n) is 13.0. The fourth-order valence-corrected chi connectivity index (χ4v) is 3.31. The van der Waals surface area contributed by atoms with E-state index in [9.17, 15) is 4.79 Å². The first-order valence-electron chi connectivity index (χ1n) is 7.35. The van der Waals surface area contributed by atoms with Gasteiger partial charge in [-0.05, 0) is 37.6 Å². The van der Waals surface area contributed by atoms with Crippen LogP contribution in [0.5, 0.6) is 0 Å². The molecular formula is C18H17N3OS. The molecule has 0 radical (unpaired) electrons. The topological polar surface area (TPSA) is 54.9 Å². The summed E-state index contributed by atoms with van der Waals surface area (Å²) >= 11 is 1.54. The van der Waals surface area contributed by atoms with E-state index in [0.29, 0.717) is 6.42 Å². The Morgan fingerprint density at radius 1 is 1.17 bits per heavy atom. The van der Waals surface area contributed by atoms with E-state index < -0.39 is 0 Å². The quantitative estimate of drug-likeness (QED) is 0.789. The molecule has 5 heteroatoms. The molecule has 4 nitrogen and oxygen atoms in total. The Bertz CT molecular complexity index is 827. The van der Waals surface area contributed by atoms with Crippen LogP contribution in [-0.2, 0) is 11.2 Å². The molecule has 0 aliphatic heterocycles. The number of nitrogens with one attached hydrogen (secondary N) is 1. The van der Waals surface area contributed by atoms with E-state index in [0.717, 1.165) is 32.4 Å². The molecule has 3 rings (SSSR count). The Morgan fingerprint density at radius 3 is 2.74 bits per heavy atom. The van der Waals surface area contributed by atoms with Gasteiger partial charge in [0.25, 0.3) is 0 Å². The standard InChI is InChI=1S/C18H17N3OS/c1-12-6-3-4-8-15(12)21-17(22)10-16-13(2)20-18(23-16)14-7-5-9-19-11-14/h3-9,11H,10H2,1-2H3,(H,21,22). The van der Waals surface area contributed by atoms with Crippen molar-refractivity contribution in [1.82, 2.24) is 9.97 Å². The molecule has 0 bridgehead atoms. The maximum atomic E-state index is 12.3. The summed E-state index contributed by atoms with van der Waals surface area (Å²) in [6.45, 7) is 3.92. The van der Waals surface area contributed by atoms with Crippen LogP contribution in [0.15, 0.2) is 48.8 Å². The van der Waals surface area contributed by atoms with Crippen LogP contribution >= 0.6 is 11.3 Å². The van der Waals surface area contributed by atoms with Crippen molar-refractivity contribution in [3.63, 3.8) is 0 Å². The first-order valence-corrected chi connectivity index (χ1v) is 8.17. The van der Waals surface area contributed by atoms with Crippen molar-refractivity contribution >= 4 is 22.9 Å². The number of carbonyl (C=O) groups excluding carboxylic acids is 1. The summed E-state index contributed by atoms with van der Waals surface area (Å²) in [5, 5.41) is 3.86. The largest absolute Gasteiger partial charge is 0.326 e. The highest BCUT2D eigenvalue weighted by Gasteiger charge is 2.13. The maximum absolute atomic E-state index is 12.3. The SMILES string of the molecule is Cc1ccccc1NC(=O)Cc1sc(-c2cccnc2)nc1C. The zero-order valence-corrected chi connectivity index (χ0v) is 13.9. The van der Waals surface area contributed by atoms with Gasteiger partial charge in [-0.2, -0.15) is 0 Å². The molecule has 2 aromatic heterocycles. The molecule has 0 saturated carbocycles. The van der Waals surface area contributed by atoms with Gasteiger partial charge >= 0.3 is 0 Å². The number of para-hydroxylation sites is 1. The molecule has 0 spiro atoms. The van der Waals surface area contributed by atoms with Gasteiger partial charge in [0.1, 0.15) is 5.01 Å². The number of aromatic nitrogens is 2. The molecule has 0 aliphatic rings. The first kappa shape index (κ1) is 15.4. The lowest BCUT2D eigenvalue weighted by Gasteiger charge is -2.07. The van der Waals surface area contributed by atoms with Crippen LogP contribution in [0, 0.1) is 13.8 Å². The van der Waals surface area contributed by atoms with Crippen LogP contribution in [0.2, 0.25) is 0 Å². The second kappa shape index (κ2) is 6.71. The number of pyridine rings is 1. The molecule has 0 fully saturated rings. The number of hydrogen-bond acceptors (Lipinski definition) is 4. The Kier molecular flexibility index (Phi) is 4.48. The third kappa shape index (κ3) is 3.63. The molecule has 1 amide bonds. The van der Waals surface area contributed by atoms with E-state index in [4.69, 9.17) is 0 Å². The average Bonchev–Trinajstić information content (AvgIpc) is 2.91. The highest BCUT2D eigenvalue weighted by molar-refractivity contribution is 7.15. The molecule has 23 heavy (non-hydrogen) atoms. The van der Waals surface area contributed by atoms with Gasteiger partial charge in [-0.3, -0.25) is 9.78 Å². The van der Waals surface area contributed by atoms with Gasteiger partial charge in [0, 0.05) is 28.5 Å². The van der Waals surface area contributed by atoms with E-state index in [1.54, 1.807) is 23.7 Å². The Morgan fingerprint density at radius 2 is 2.00 bits per heavy atom.